The molecule has 0 aromatic carbocycles. The number of carbonyl (C=O) groups is 1. The number of carbonyl (C=O) groups excluding carboxylic acids is 1. The van der Waals surface area contributed by atoms with Gasteiger partial charge in [-0.2, -0.15) is 0 Å². The summed E-state index contributed by atoms with van der Waals surface area (Å²) in [4.78, 5) is 15.9. The Morgan fingerprint density at radius 1 is 1.43 bits per heavy atom. The van der Waals surface area contributed by atoms with Gasteiger partial charge in [-0.05, 0) is 44.6 Å². The maximum absolute atomic E-state index is 11.6. The summed E-state index contributed by atoms with van der Waals surface area (Å²) < 4.78 is 5.81. The fraction of sp³-hybridized carbons (Fsp3) is 0.625. The van der Waals surface area contributed by atoms with Gasteiger partial charge in [-0.3, -0.25) is 0 Å². The second-order valence-corrected chi connectivity index (χ2v) is 5.67. The van der Waals surface area contributed by atoms with E-state index in [2.05, 4.69) is 15.6 Å². The molecule has 21 heavy (non-hydrogen) atoms. The maximum Gasteiger partial charge on any atom is 0.315 e. The van der Waals surface area contributed by atoms with Gasteiger partial charge in [0.1, 0.15) is 6.10 Å². The van der Waals surface area contributed by atoms with Gasteiger partial charge in [0.15, 0.2) is 0 Å². The van der Waals surface area contributed by atoms with E-state index < -0.39 is 0 Å². The summed E-state index contributed by atoms with van der Waals surface area (Å²) in [5, 5.41) is 5.69. The summed E-state index contributed by atoms with van der Waals surface area (Å²) in [7, 11) is 0. The molecule has 2 rings (SSSR count). The monoisotopic (exact) mass is 291 g/mol. The minimum absolute atomic E-state index is 0.143. The topological polar surface area (TPSA) is 63.2 Å². The molecule has 116 valence electrons. The van der Waals surface area contributed by atoms with Gasteiger partial charge in [0.05, 0.1) is 0 Å². The highest BCUT2D eigenvalue weighted by molar-refractivity contribution is 5.74. The SMILES string of the molecule is CCC(C)NC(=O)NCc1ccc(OC2CCCC2)nc1. The van der Waals surface area contributed by atoms with Crippen molar-refractivity contribution in [3.63, 3.8) is 0 Å². The van der Waals surface area contributed by atoms with E-state index in [4.69, 9.17) is 4.74 Å². The van der Waals surface area contributed by atoms with Gasteiger partial charge in [0, 0.05) is 24.8 Å². The van der Waals surface area contributed by atoms with E-state index in [0.717, 1.165) is 24.8 Å². The summed E-state index contributed by atoms with van der Waals surface area (Å²) in [6, 6.07) is 3.86. The van der Waals surface area contributed by atoms with Gasteiger partial charge in [-0.15, -0.1) is 0 Å². The van der Waals surface area contributed by atoms with Gasteiger partial charge >= 0.3 is 6.03 Å². The van der Waals surface area contributed by atoms with Crippen LogP contribution in [0, 0.1) is 0 Å². The molecule has 1 aromatic rings. The first-order valence-corrected chi connectivity index (χ1v) is 7.83. The third-order valence-electron chi connectivity index (χ3n) is 3.83. The molecule has 1 aliphatic carbocycles. The van der Waals surface area contributed by atoms with E-state index in [1.165, 1.54) is 12.8 Å². The number of urea groups is 1. The van der Waals surface area contributed by atoms with Crippen LogP contribution in [-0.2, 0) is 6.54 Å². The lowest BCUT2D eigenvalue weighted by Crippen LogP contribution is -2.40. The van der Waals surface area contributed by atoms with Crippen LogP contribution in [-0.4, -0.2) is 23.2 Å². The predicted octanol–water partition coefficient (Wildman–Crippen LogP) is 3.00. The molecule has 1 saturated carbocycles. The number of hydrogen-bond acceptors (Lipinski definition) is 3. The fourth-order valence-electron chi connectivity index (χ4n) is 2.32. The molecule has 0 saturated heterocycles. The highest BCUT2D eigenvalue weighted by Gasteiger charge is 2.16. The molecule has 0 radical (unpaired) electrons. The van der Waals surface area contributed by atoms with Crippen LogP contribution in [0.3, 0.4) is 0 Å². The van der Waals surface area contributed by atoms with Gasteiger partial charge in [0.2, 0.25) is 5.88 Å². The highest BCUT2D eigenvalue weighted by atomic mass is 16.5. The molecule has 0 bridgehead atoms. The van der Waals surface area contributed by atoms with Gasteiger partial charge in [0.25, 0.3) is 0 Å². The van der Waals surface area contributed by atoms with Gasteiger partial charge in [-0.1, -0.05) is 13.0 Å². The van der Waals surface area contributed by atoms with Crippen LogP contribution in [0.25, 0.3) is 0 Å². The van der Waals surface area contributed by atoms with Crippen LogP contribution < -0.4 is 15.4 Å². The minimum atomic E-state index is -0.143. The first kappa shape index (κ1) is 15.6. The second-order valence-electron chi connectivity index (χ2n) is 5.67. The molecule has 1 fully saturated rings. The molecule has 2 amide bonds. The Bertz CT molecular complexity index is 441. The van der Waals surface area contributed by atoms with Crippen molar-refractivity contribution in [3.05, 3.63) is 23.9 Å². The molecule has 1 heterocycles. The van der Waals surface area contributed by atoms with Gasteiger partial charge < -0.3 is 15.4 Å². The second kappa shape index (κ2) is 7.86. The van der Waals surface area contributed by atoms with E-state index in [-0.39, 0.29) is 12.1 Å². The average molecular weight is 291 g/mol. The third-order valence-corrected chi connectivity index (χ3v) is 3.83. The van der Waals surface area contributed by atoms with E-state index in [1.807, 2.05) is 26.0 Å². The molecule has 1 aliphatic rings. The quantitative estimate of drug-likeness (QED) is 0.847. The van der Waals surface area contributed by atoms with E-state index in [0.29, 0.717) is 18.5 Å². The van der Waals surface area contributed by atoms with Crippen LogP contribution in [0.15, 0.2) is 18.3 Å². The number of nitrogens with zero attached hydrogens (tertiary/aromatic N) is 1. The summed E-state index contributed by atoms with van der Waals surface area (Å²) in [6.07, 6.45) is 7.75. The number of nitrogens with one attached hydrogen (secondary N) is 2. The molecule has 5 heteroatoms. The van der Waals surface area contributed by atoms with Crippen LogP contribution in [0.2, 0.25) is 0 Å². The molecular formula is C16H25N3O2. The first-order valence-electron chi connectivity index (χ1n) is 7.83. The zero-order valence-corrected chi connectivity index (χ0v) is 12.9. The third kappa shape index (κ3) is 5.25. The zero-order chi connectivity index (χ0) is 15.1. The van der Waals surface area contributed by atoms with E-state index >= 15 is 0 Å². The van der Waals surface area contributed by atoms with Crippen molar-refractivity contribution < 1.29 is 9.53 Å². The first-order chi connectivity index (χ1) is 10.2. The summed E-state index contributed by atoms with van der Waals surface area (Å²) >= 11 is 0. The summed E-state index contributed by atoms with van der Waals surface area (Å²) in [6.45, 7) is 4.49. The Morgan fingerprint density at radius 3 is 2.81 bits per heavy atom. The Kier molecular flexibility index (Phi) is 5.84. The summed E-state index contributed by atoms with van der Waals surface area (Å²) in [5.74, 6) is 0.676. The van der Waals surface area contributed by atoms with Gasteiger partial charge in [-0.25, -0.2) is 9.78 Å². The molecule has 1 aromatic heterocycles. The van der Waals surface area contributed by atoms with Crippen molar-refractivity contribution in [2.75, 3.05) is 0 Å². The predicted molar refractivity (Wildman–Crippen MR) is 82.2 cm³/mol. The van der Waals surface area contributed by atoms with Crippen LogP contribution in [0.1, 0.15) is 51.5 Å². The number of ether oxygens (including phenoxy) is 1. The number of rotatable bonds is 6. The lowest BCUT2D eigenvalue weighted by atomic mass is 10.2. The molecule has 0 spiro atoms. The molecule has 1 atom stereocenters. The molecule has 1 unspecified atom stereocenters. The van der Waals surface area contributed by atoms with Crippen molar-refractivity contribution in [3.8, 4) is 5.88 Å². The fourth-order valence-corrected chi connectivity index (χ4v) is 2.32. The Labute approximate surface area is 126 Å². The van der Waals surface area contributed by atoms with Crippen LogP contribution >= 0.6 is 0 Å². The normalized spacial score (nSPS) is 16.5. The Balaban J connectivity index is 1.75. The lowest BCUT2D eigenvalue weighted by molar-refractivity contribution is 0.201. The minimum Gasteiger partial charge on any atom is -0.474 e. The Morgan fingerprint density at radius 2 is 2.19 bits per heavy atom. The van der Waals surface area contributed by atoms with Crippen molar-refractivity contribution >= 4 is 6.03 Å². The highest BCUT2D eigenvalue weighted by Crippen LogP contribution is 2.22. The van der Waals surface area contributed by atoms with Crippen LogP contribution in [0.5, 0.6) is 5.88 Å². The number of aromatic nitrogens is 1. The average Bonchev–Trinajstić information content (AvgIpc) is 2.99. The van der Waals surface area contributed by atoms with E-state index in [1.54, 1.807) is 6.20 Å². The lowest BCUT2D eigenvalue weighted by Gasteiger charge is -2.13. The Hall–Kier alpha value is -1.78. The molecule has 2 N–H and O–H groups in total. The number of pyridine rings is 1. The van der Waals surface area contributed by atoms with Crippen molar-refractivity contribution in [1.29, 1.82) is 0 Å². The maximum atomic E-state index is 11.6. The number of amides is 2. The van der Waals surface area contributed by atoms with Crippen LogP contribution in [0.4, 0.5) is 4.79 Å². The molecular weight excluding hydrogens is 266 g/mol. The van der Waals surface area contributed by atoms with Crippen molar-refractivity contribution in [1.82, 2.24) is 15.6 Å². The van der Waals surface area contributed by atoms with Crippen molar-refractivity contribution in [2.24, 2.45) is 0 Å². The standard InChI is InChI=1S/C16H25N3O2/c1-3-12(2)19-16(20)18-11-13-8-9-15(17-10-13)21-14-6-4-5-7-14/h8-10,12,14H,3-7,11H2,1-2H3,(H2,18,19,20). The van der Waals surface area contributed by atoms with Crippen molar-refractivity contribution in [2.45, 2.75) is 64.6 Å². The number of hydrogen-bond donors (Lipinski definition) is 2. The smallest absolute Gasteiger partial charge is 0.315 e. The van der Waals surface area contributed by atoms with E-state index in [9.17, 15) is 4.79 Å². The largest absolute Gasteiger partial charge is 0.474 e. The summed E-state index contributed by atoms with van der Waals surface area (Å²) in [5.41, 5.74) is 0.966. The molecule has 5 nitrogen and oxygen atoms in total. The zero-order valence-electron chi connectivity index (χ0n) is 12.9. The molecule has 0 aliphatic heterocycles.